The van der Waals surface area contributed by atoms with E-state index in [1.54, 1.807) is 24.7 Å². The Bertz CT molecular complexity index is 859. The molecular formula is C19H16FN3O. The lowest BCUT2D eigenvalue weighted by atomic mass is 10.1. The molecule has 1 aromatic heterocycles. The summed E-state index contributed by atoms with van der Waals surface area (Å²) in [5.41, 5.74) is 2.65. The normalized spacial score (nSPS) is 19.0. The van der Waals surface area contributed by atoms with Crippen LogP contribution in [0.4, 0.5) is 10.1 Å². The third-order valence-electron chi connectivity index (χ3n) is 4.37. The Morgan fingerprint density at radius 1 is 1.17 bits per heavy atom. The highest BCUT2D eigenvalue weighted by Gasteiger charge is 2.44. The second kappa shape index (κ2) is 5.92. The molecule has 2 aromatic carbocycles. The number of aromatic nitrogens is 2. The molecule has 24 heavy (non-hydrogen) atoms. The van der Waals surface area contributed by atoms with Crippen molar-refractivity contribution < 1.29 is 9.18 Å². The zero-order valence-electron chi connectivity index (χ0n) is 12.9. The van der Waals surface area contributed by atoms with Crippen molar-refractivity contribution in [2.45, 2.75) is 12.3 Å². The van der Waals surface area contributed by atoms with Crippen molar-refractivity contribution in [2.24, 2.45) is 5.92 Å². The Hall–Kier alpha value is -2.95. The van der Waals surface area contributed by atoms with Gasteiger partial charge in [0.05, 0.1) is 17.7 Å². The molecule has 1 saturated carbocycles. The van der Waals surface area contributed by atoms with E-state index in [1.807, 2.05) is 35.0 Å². The number of amides is 1. The average Bonchev–Trinajstić information content (AvgIpc) is 3.21. The molecule has 1 fully saturated rings. The standard InChI is InChI=1S/C19H16FN3O/c20-14-7-5-13(6-8-14)15-11-16(15)19(24)22-17-3-1-2-4-18(17)23-10-9-21-12-23/h1-10,12,15-16H,11H2,(H,22,24). The summed E-state index contributed by atoms with van der Waals surface area (Å²) in [5, 5.41) is 3.01. The predicted molar refractivity (Wildman–Crippen MR) is 89.4 cm³/mol. The number of imidazole rings is 1. The summed E-state index contributed by atoms with van der Waals surface area (Å²) in [5.74, 6) is -0.149. The van der Waals surface area contributed by atoms with Crippen LogP contribution in [0.5, 0.6) is 0 Å². The first-order valence-electron chi connectivity index (χ1n) is 7.86. The fourth-order valence-corrected chi connectivity index (χ4v) is 2.99. The maximum Gasteiger partial charge on any atom is 0.228 e. The Morgan fingerprint density at radius 3 is 2.71 bits per heavy atom. The van der Waals surface area contributed by atoms with Crippen LogP contribution >= 0.6 is 0 Å². The van der Waals surface area contributed by atoms with Crippen molar-refractivity contribution in [3.63, 3.8) is 0 Å². The molecule has 0 bridgehead atoms. The average molecular weight is 321 g/mol. The first-order chi connectivity index (χ1) is 11.7. The summed E-state index contributed by atoms with van der Waals surface area (Å²) in [6.07, 6.45) is 6.03. The Balaban J connectivity index is 1.49. The lowest BCUT2D eigenvalue weighted by Gasteiger charge is -2.11. The second-order valence-electron chi connectivity index (χ2n) is 5.98. The molecule has 3 aromatic rings. The number of hydrogen-bond acceptors (Lipinski definition) is 2. The number of halogens is 1. The van der Waals surface area contributed by atoms with E-state index in [4.69, 9.17) is 0 Å². The highest BCUT2D eigenvalue weighted by Crippen LogP contribution is 2.48. The SMILES string of the molecule is O=C(Nc1ccccc1-n1ccnc1)C1CC1c1ccc(F)cc1. The van der Waals surface area contributed by atoms with Gasteiger partial charge in [0, 0.05) is 18.3 Å². The van der Waals surface area contributed by atoms with Crippen molar-refractivity contribution in [3.05, 3.63) is 78.6 Å². The van der Waals surface area contributed by atoms with Crippen molar-refractivity contribution in [2.75, 3.05) is 5.32 Å². The third-order valence-corrected chi connectivity index (χ3v) is 4.37. The molecule has 1 heterocycles. The number of hydrogen-bond donors (Lipinski definition) is 1. The molecule has 2 atom stereocenters. The van der Waals surface area contributed by atoms with Crippen molar-refractivity contribution in [3.8, 4) is 5.69 Å². The smallest absolute Gasteiger partial charge is 0.228 e. The van der Waals surface area contributed by atoms with Crippen LogP contribution in [0.25, 0.3) is 5.69 Å². The van der Waals surface area contributed by atoms with Crippen LogP contribution in [0, 0.1) is 11.7 Å². The number of carbonyl (C=O) groups excluding carboxylic acids is 1. The van der Waals surface area contributed by atoms with Gasteiger partial charge in [-0.3, -0.25) is 4.79 Å². The molecule has 120 valence electrons. The Kier molecular flexibility index (Phi) is 3.61. The molecule has 0 saturated heterocycles. The van der Waals surface area contributed by atoms with Crippen molar-refractivity contribution in [1.29, 1.82) is 0 Å². The van der Waals surface area contributed by atoms with Crippen LogP contribution in [-0.4, -0.2) is 15.5 Å². The molecule has 4 nitrogen and oxygen atoms in total. The van der Waals surface area contributed by atoms with Gasteiger partial charge >= 0.3 is 0 Å². The highest BCUT2D eigenvalue weighted by atomic mass is 19.1. The van der Waals surface area contributed by atoms with E-state index in [9.17, 15) is 9.18 Å². The minimum atomic E-state index is -0.255. The molecule has 0 spiro atoms. The number of nitrogens with one attached hydrogen (secondary N) is 1. The Morgan fingerprint density at radius 2 is 1.96 bits per heavy atom. The number of nitrogens with zero attached hydrogens (tertiary/aromatic N) is 2. The van der Waals surface area contributed by atoms with Gasteiger partial charge in [0.1, 0.15) is 5.82 Å². The van der Waals surface area contributed by atoms with Gasteiger partial charge < -0.3 is 9.88 Å². The van der Waals surface area contributed by atoms with Gasteiger partial charge in [0.25, 0.3) is 0 Å². The van der Waals surface area contributed by atoms with Crippen LogP contribution in [0.2, 0.25) is 0 Å². The number of benzene rings is 2. The van der Waals surface area contributed by atoms with E-state index in [1.165, 1.54) is 12.1 Å². The van der Waals surface area contributed by atoms with Gasteiger partial charge in [-0.15, -0.1) is 0 Å². The highest BCUT2D eigenvalue weighted by molar-refractivity contribution is 5.96. The van der Waals surface area contributed by atoms with E-state index in [0.717, 1.165) is 23.4 Å². The molecule has 5 heteroatoms. The molecule has 2 unspecified atom stereocenters. The zero-order chi connectivity index (χ0) is 16.5. The van der Waals surface area contributed by atoms with Crippen LogP contribution in [-0.2, 0) is 4.79 Å². The fourth-order valence-electron chi connectivity index (χ4n) is 2.99. The summed E-state index contributed by atoms with van der Waals surface area (Å²) in [6.45, 7) is 0. The van der Waals surface area contributed by atoms with Gasteiger partial charge in [-0.2, -0.15) is 0 Å². The van der Waals surface area contributed by atoms with E-state index < -0.39 is 0 Å². The molecule has 1 aliphatic carbocycles. The first kappa shape index (κ1) is 14.6. The van der Waals surface area contributed by atoms with Crippen LogP contribution in [0.3, 0.4) is 0 Å². The van der Waals surface area contributed by atoms with Crippen LogP contribution in [0.1, 0.15) is 17.9 Å². The number of para-hydroxylation sites is 2. The second-order valence-corrected chi connectivity index (χ2v) is 5.98. The lowest BCUT2D eigenvalue weighted by molar-refractivity contribution is -0.117. The molecule has 1 aliphatic rings. The molecular weight excluding hydrogens is 305 g/mol. The minimum Gasteiger partial charge on any atom is -0.324 e. The third kappa shape index (κ3) is 2.80. The number of anilines is 1. The van der Waals surface area contributed by atoms with E-state index >= 15 is 0 Å². The summed E-state index contributed by atoms with van der Waals surface area (Å²) in [7, 11) is 0. The van der Waals surface area contributed by atoms with Crippen LogP contribution < -0.4 is 5.32 Å². The number of carbonyl (C=O) groups is 1. The first-order valence-corrected chi connectivity index (χ1v) is 7.86. The largest absolute Gasteiger partial charge is 0.324 e. The van der Waals surface area contributed by atoms with Crippen LogP contribution in [0.15, 0.2) is 67.3 Å². The van der Waals surface area contributed by atoms with Gasteiger partial charge in [-0.1, -0.05) is 24.3 Å². The van der Waals surface area contributed by atoms with Crippen molar-refractivity contribution in [1.82, 2.24) is 9.55 Å². The van der Waals surface area contributed by atoms with Gasteiger partial charge in [0.15, 0.2) is 0 Å². The molecule has 1 amide bonds. The molecule has 1 N–H and O–H groups in total. The fraction of sp³-hybridized carbons (Fsp3) is 0.158. The monoisotopic (exact) mass is 321 g/mol. The van der Waals surface area contributed by atoms with Gasteiger partial charge in [-0.25, -0.2) is 9.37 Å². The summed E-state index contributed by atoms with van der Waals surface area (Å²) >= 11 is 0. The maximum atomic E-state index is 13.0. The van der Waals surface area contributed by atoms with Crippen molar-refractivity contribution >= 4 is 11.6 Å². The van der Waals surface area contributed by atoms with Gasteiger partial charge in [-0.05, 0) is 42.2 Å². The van der Waals surface area contributed by atoms with E-state index in [0.29, 0.717) is 0 Å². The van der Waals surface area contributed by atoms with E-state index in [2.05, 4.69) is 10.3 Å². The number of rotatable bonds is 4. The van der Waals surface area contributed by atoms with E-state index in [-0.39, 0.29) is 23.6 Å². The summed E-state index contributed by atoms with van der Waals surface area (Å²) in [4.78, 5) is 16.6. The maximum absolute atomic E-state index is 13.0. The van der Waals surface area contributed by atoms with Gasteiger partial charge in [0.2, 0.25) is 5.91 Å². The molecule has 0 aliphatic heterocycles. The Labute approximate surface area is 139 Å². The quantitative estimate of drug-likeness (QED) is 0.795. The topological polar surface area (TPSA) is 46.9 Å². The predicted octanol–water partition coefficient (Wildman–Crippen LogP) is 3.75. The lowest BCUT2D eigenvalue weighted by Crippen LogP contribution is -2.16. The summed E-state index contributed by atoms with van der Waals surface area (Å²) in [6, 6.07) is 14.0. The summed E-state index contributed by atoms with van der Waals surface area (Å²) < 4.78 is 14.9. The molecule has 0 radical (unpaired) electrons. The zero-order valence-corrected chi connectivity index (χ0v) is 12.9. The minimum absolute atomic E-state index is 0.00288. The molecule has 4 rings (SSSR count).